The summed E-state index contributed by atoms with van der Waals surface area (Å²) >= 11 is 11.0. The Morgan fingerprint density at radius 1 is 1.22 bits per heavy atom. The number of anilines is 1. The highest BCUT2D eigenvalue weighted by Crippen LogP contribution is 2.14. The molecule has 2 aromatic carbocycles. The van der Waals surface area contributed by atoms with E-state index >= 15 is 0 Å². The van der Waals surface area contributed by atoms with Gasteiger partial charge in [-0.3, -0.25) is 10.1 Å². The molecule has 0 aromatic heterocycles. The van der Waals surface area contributed by atoms with Crippen molar-refractivity contribution in [2.45, 2.75) is 0 Å². The van der Waals surface area contributed by atoms with Crippen LogP contribution in [0, 0.1) is 0 Å². The molecular weight excluding hydrogens is 332 g/mol. The first-order chi connectivity index (χ1) is 11.1. The molecule has 0 aliphatic rings. The Hall–Kier alpha value is -2.37. The second-order valence-corrected chi connectivity index (χ2v) is 5.40. The number of thiocarbonyl (C=S) groups is 1. The predicted molar refractivity (Wildman–Crippen MR) is 97.8 cm³/mol. The van der Waals surface area contributed by atoms with Crippen LogP contribution in [0.15, 0.2) is 54.6 Å². The number of carbonyl (C=O) groups excluding carboxylic acids is 1. The lowest BCUT2D eigenvalue weighted by Gasteiger charge is -2.08. The Labute approximate surface area is 145 Å². The summed E-state index contributed by atoms with van der Waals surface area (Å²) in [6.45, 7) is 0. The molecular formula is C17H15ClN2O2S. The minimum absolute atomic E-state index is 0.205. The van der Waals surface area contributed by atoms with Gasteiger partial charge >= 0.3 is 0 Å². The van der Waals surface area contributed by atoms with E-state index in [0.29, 0.717) is 10.7 Å². The van der Waals surface area contributed by atoms with Gasteiger partial charge in [-0.25, -0.2) is 0 Å². The van der Waals surface area contributed by atoms with Crippen molar-refractivity contribution < 1.29 is 9.53 Å². The Bertz CT molecular complexity index is 730. The molecule has 6 heteroatoms. The summed E-state index contributed by atoms with van der Waals surface area (Å²) in [5.41, 5.74) is 1.59. The third kappa shape index (κ3) is 5.73. The predicted octanol–water partition coefficient (Wildman–Crippen LogP) is 3.88. The fourth-order valence-corrected chi connectivity index (χ4v) is 2.18. The summed E-state index contributed by atoms with van der Waals surface area (Å²) in [6, 6.07) is 14.4. The molecule has 4 nitrogen and oxygen atoms in total. The minimum Gasteiger partial charge on any atom is -0.497 e. The van der Waals surface area contributed by atoms with E-state index in [0.717, 1.165) is 11.3 Å². The maximum atomic E-state index is 11.8. The van der Waals surface area contributed by atoms with Crippen molar-refractivity contribution in [1.82, 2.24) is 5.32 Å². The molecule has 2 N–H and O–H groups in total. The topological polar surface area (TPSA) is 50.4 Å². The average molecular weight is 347 g/mol. The molecule has 2 rings (SSSR count). The van der Waals surface area contributed by atoms with Crippen LogP contribution in [0.25, 0.3) is 6.08 Å². The molecule has 0 saturated heterocycles. The van der Waals surface area contributed by atoms with E-state index in [9.17, 15) is 4.79 Å². The SMILES string of the molecule is COc1ccc(C=CC(=O)NC(=S)Nc2cccc(Cl)c2)cc1. The van der Waals surface area contributed by atoms with Gasteiger partial charge in [0.05, 0.1) is 7.11 Å². The normalized spacial score (nSPS) is 10.3. The van der Waals surface area contributed by atoms with Crippen LogP contribution in [0.1, 0.15) is 5.56 Å². The Morgan fingerprint density at radius 3 is 2.61 bits per heavy atom. The van der Waals surface area contributed by atoms with Crippen molar-refractivity contribution in [1.29, 1.82) is 0 Å². The van der Waals surface area contributed by atoms with E-state index in [1.54, 1.807) is 37.5 Å². The standard InChI is InChI=1S/C17H15ClN2O2S/c1-22-15-8-5-12(6-9-15)7-10-16(21)20-17(23)19-14-4-2-3-13(18)11-14/h2-11H,1H3,(H2,19,20,21,23). The lowest BCUT2D eigenvalue weighted by molar-refractivity contribution is -0.115. The lowest BCUT2D eigenvalue weighted by Crippen LogP contribution is -2.32. The fraction of sp³-hybridized carbons (Fsp3) is 0.0588. The zero-order chi connectivity index (χ0) is 16.7. The average Bonchev–Trinajstić information content (AvgIpc) is 2.53. The highest BCUT2D eigenvalue weighted by atomic mass is 35.5. The van der Waals surface area contributed by atoms with Crippen molar-refractivity contribution in [2.75, 3.05) is 12.4 Å². The first-order valence-corrected chi connectivity index (χ1v) is 7.55. The van der Waals surface area contributed by atoms with Gasteiger partial charge in [-0.1, -0.05) is 29.8 Å². The Morgan fingerprint density at radius 2 is 1.96 bits per heavy atom. The molecule has 118 valence electrons. The van der Waals surface area contributed by atoms with Crippen molar-refractivity contribution >= 4 is 46.6 Å². The van der Waals surface area contributed by atoms with E-state index in [1.807, 2.05) is 24.3 Å². The second-order valence-electron chi connectivity index (χ2n) is 4.56. The van der Waals surface area contributed by atoms with Gasteiger partial charge in [-0.2, -0.15) is 0 Å². The molecule has 23 heavy (non-hydrogen) atoms. The molecule has 0 unspecified atom stereocenters. The van der Waals surface area contributed by atoms with Crippen molar-refractivity contribution in [3.63, 3.8) is 0 Å². The maximum Gasteiger partial charge on any atom is 0.250 e. The van der Waals surface area contributed by atoms with E-state index in [4.69, 9.17) is 28.6 Å². The van der Waals surface area contributed by atoms with E-state index < -0.39 is 0 Å². The summed E-state index contributed by atoms with van der Waals surface area (Å²) < 4.78 is 5.07. The van der Waals surface area contributed by atoms with E-state index in [-0.39, 0.29) is 11.0 Å². The van der Waals surface area contributed by atoms with Gasteiger partial charge in [0.2, 0.25) is 5.91 Å². The fourth-order valence-electron chi connectivity index (χ4n) is 1.77. The number of ether oxygens (including phenoxy) is 1. The van der Waals surface area contributed by atoms with Crippen LogP contribution in [0.5, 0.6) is 5.75 Å². The molecule has 0 saturated carbocycles. The van der Waals surface area contributed by atoms with Crippen molar-refractivity contribution in [3.05, 3.63) is 65.2 Å². The number of methoxy groups -OCH3 is 1. The smallest absolute Gasteiger partial charge is 0.250 e. The molecule has 1 amide bonds. The first-order valence-electron chi connectivity index (χ1n) is 6.76. The minimum atomic E-state index is -0.319. The Kier molecular flexibility index (Phi) is 6.14. The van der Waals surface area contributed by atoms with Crippen LogP contribution in [-0.2, 0) is 4.79 Å². The number of rotatable bonds is 4. The summed E-state index contributed by atoms with van der Waals surface area (Å²) in [5, 5.41) is 6.25. The lowest BCUT2D eigenvalue weighted by atomic mass is 10.2. The van der Waals surface area contributed by atoms with Gasteiger partial charge in [0.1, 0.15) is 5.75 Å². The molecule has 0 aliphatic heterocycles. The molecule has 0 radical (unpaired) electrons. The van der Waals surface area contributed by atoms with Crippen LogP contribution >= 0.6 is 23.8 Å². The second kappa shape index (κ2) is 8.31. The van der Waals surface area contributed by atoms with Gasteiger partial charge in [0.15, 0.2) is 5.11 Å². The molecule has 2 aromatic rings. The van der Waals surface area contributed by atoms with Crippen LogP contribution in [0.3, 0.4) is 0 Å². The van der Waals surface area contributed by atoms with Gasteiger partial charge < -0.3 is 10.1 Å². The Balaban J connectivity index is 1.88. The van der Waals surface area contributed by atoms with Crippen LogP contribution in [0.2, 0.25) is 5.02 Å². The number of hydrogen-bond acceptors (Lipinski definition) is 3. The number of hydrogen-bond donors (Lipinski definition) is 2. The van der Waals surface area contributed by atoms with E-state index in [1.165, 1.54) is 6.08 Å². The molecule has 0 bridgehead atoms. The quantitative estimate of drug-likeness (QED) is 0.651. The van der Waals surface area contributed by atoms with Crippen molar-refractivity contribution in [2.24, 2.45) is 0 Å². The molecule has 0 atom stereocenters. The number of benzene rings is 2. The molecule has 0 heterocycles. The first kappa shape index (κ1) is 17.0. The number of amides is 1. The summed E-state index contributed by atoms with van der Waals surface area (Å²) in [5.74, 6) is 0.443. The van der Waals surface area contributed by atoms with E-state index in [2.05, 4.69) is 10.6 Å². The molecule has 0 spiro atoms. The summed E-state index contributed by atoms with van der Waals surface area (Å²) in [6.07, 6.45) is 3.10. The largest absolute Gasteiger partial charge is 0.497 e. The highest BCUT2D eigenvalue weighted by Gasteiger charge is 2.02. The third-order valence-corrected chi connectivity index (χ3v) is 3.30. The van der Waals surface area contributed by atoms with Crippen LogP contribution < -0.4 is 15.4 Å². The van der Waals surface area contributed by atoms with Crippen molar-refractivity contribution in [3.8, 4) is 5.75 Å². The monoisotopic (exact) mass is 346 g/mol. The van der Waals surface area contributed by atoms with Gasteiger partial charge in [0, 0.05) is 16.8 Å². The number of halogens is 1. The number of nitrogens with one attached hydrogen (secondary N) is 2. The van der Waals surface area contributed by atoms with Crippen LogP contribution in [-0.4, -0.2) is 18.1 Å². The van der Waals surface area contributed by atoms with Gasteiger partial charge in [0.25, 0.3) is 0 Å². The molecule has 0 aliphatic carbocycles. The summed E-state index contributed by atoms with van der Waals surface area (Å²) in [7, 11) is 1.60. The highest BCUT2D eigenvalue weighted by molar-refractivity contribution is 7.80. The van der Waals surface area contributed by atoms with Gasteiger partial charge in [-0.15, -0.1) is 0 Å². The van der Waals surface area contributed by atoms with Crippen LogP contribution in [0.4, 0.5) is 5.69 Å². The zero-order valence-electron chi connectivity index (χ0n) is 12.4. The van der Waals surface area contributed by atoms with Gasteiger partial charge in [-0.05, 0) is 54.2 Å². The zero-order valence-corrected chi connectivity index (χ0v) is 13.9. The third-order valence-electron chi connectivity index (χ3n) is 2.86. The summed E-state index contributed by atoms with van der Waals surface area (Å²) in [4.78, 5) is 11.8. The maximum absolute atomic E-state index is 11.8. The molecule has 0 fully saturated rings. The number of carbonyl (C=O) groups is 1.